The first-order valence-corrected chi connectivity index (χ1v) is 8.18. The molecule has 0 atom stereocenters. The first-order chi connectivity index (χ1) is 11.7. The van der Waals surface area contributed by atoms with Gasteiger partial charge in [-0.3, -0.25) is 4.90 Å². The molecule has 0 N–H and O–H groups in total. The van der Waals surface area contributed by atoms with Gasteiger partial charge in [0.2, 0.25) is 0 Å². The second-order valence-corrected chi connectivity index (χ2v) is 5.81. The van der Waals surface area contributed by atoms with E-state index < -0.39 is 0 Å². The van der Waals surface area contributed by atoms with E-state index in [1.54, 1.807) is 6.07 Å². The Labute approximate surface area is 141 Å². The molecule has 0 unspecified atom stereocenters. The zero-order valence-electron chi connectivity index (χ0n) is 13.8. The van der Waals surface area contributed by atoms with Gasteiger partial charge in [0, 0.05) is 25.7 Å². The van der Waals surface area contributed by atoms with Gasteiger partial charge in [-0.15, -0.1) is 0 Å². The van der Waals surface area contributed by atoms with Crippen LogP contribution in [-0.4, -0.2) is 44.4 Å². The van der Waals surface area contributed by atoms with Crippen LogP contribution in [0.3, 0.4) is 0 Å². The lowest BCUT2D eigenvalue weighted by molar-refractivity contribution is 0.0321. The smallest absolute Gasteiger partial charge is 0.169 e. The van der Waals surface area contributed by atoms with Crippen LogP contribution in [-0.2, 0) is 4.74 Å². The van der Waals surface area contributed by atoms with E-state index in [1.165, 1.54) is 12.1 Å². The Bertz CT molecular complexity index is 654. The summed E-state index contributed by atoms with van der Waals surface area (Å²) in [5, 5.41) is 0. The van der Waals surface area contributed by atoms with Crippen molar-refractivity contribution in [3.05, 3.63) is 53.8 Å². The summed E-state index contributed by atoms with van der Waals surface area (Å²) in [6, 6.07) is 12.0. The van der Waals surface area contributed by atoms with Gasteiger partial charge in [0.1, 0.15) is 18.2 Å². The van der Waals surface area contributed by atoms with Crippen molar-refractivity contribution in [3.8, 4) is 17.2 Å². The minimum atomic E-state index is -0.340. The second kappa shape index (κ2) is 8.13. The van der Waals surface area contributed by atoms with Crippen LogP contribution in [0.15, 0.2) is 42.5 Å². The zero-order valence-corrected chi connectivity index (χ0v) is 13.8. The Balaban J connectivity index is 1.62. The van der Waals surface area contributed by atoms with E-state index in [-0.39, 0.29) is 5.82 Å². The third kappa shape index (κ3) is 4.69. The fourth-order valence-electron chi connectivity index (χ4n) is 2.52. The summed E-state index contributed by atoms with van der Waals surface area (Å²) < 4.78 is 30.5. The number of halogens is 1. The van der Waals surface area contributed by atoms with Crippen LogP contribution in [0.25, 0.3) is 0 Å². The summed E-state index contributed by atoms with van der Waals surface area (Å²) in [5.41, 5.74) is 1.16. The summed E-state index contributed by atoms with van der Waals surface area (Å²) in [6.07, 6.45) is 0. The highest BCUT2D eigenvalue weighted by molar-refractivity contribution is 5.43. The predicted molar refractivity (Wildman–Crippen MR) is 90.4 cm³/mol. The minimum absolute atomic E-state index is 0.340. The van der Waals surface area contributed by atoms with Gasteiger partial charge in [0.25, 0.3) is 0 Å². The second-order valence-electron chi connectivity index (χ2n) is 5.81. The first-order valence-electron chi connectivity index (χ1n) is 8.18. The number of rotatable bonds is 6. The molecular formula is C19H22FNO3. The minimum Gasteiger partial charge on any atom is -0.488 e. The molecule has 2 aromatic carbocycles. The Kier molecular flexibility index (Phi) is 5.67. The molecule has 0 amide bonds. The van der Waals surface area contributed by atoms with Crippen molar-refractivity contribution in [3.63, 3.8) is 0 Å². The van der Waals surface area contributed by atoms with Crippen molar-refractivity contribution >= 4 is 0 Å². The van der Waals surface area contributed by atoms with Crippen LogP contribution in [0.1, 0.15) is 5.56 Å². The lowest BCUT2D eigenvalue weighted by atomic mass is 10.2. The monoisotopic (exact) mass is 331 g/mol. The topological polar surface area (TPSA) is 30.9 Å². The highest BCUT2D eigenvalue weighted by Gasteiger charge is 2.12. The van der Waals surface area contributed by atoms with Crippen molar-refractivity contribution in [1.82, 2.24) is 4.90 Å². The van der Waals surface area contributed by atoms with E-state index >= 15 is 0 Å². The lowest BCUT2D eigenvalue weighted by Gasteiger charge is -2.26. The van der Waals surface area contributed by atoms with Crippen LogP contribution in [0, 0.1) is 12.7 Å². The largest absolute Gasteiger partial charge is 0.488 e. The van der Waals surface area contributed by atoms with E-state index in [4.69, 9.17) is 14.2 Å². The van der Waals surface area contributed by atoms with Gasteiger partial charge in [-0.2, -0.15) is 0 Å². The number of benzene rings is 2. The summed E-state index contributed by atoms with van der Waals surface area (Å²) in [5.74, 6) is 1.30. The van der Waals surface area contributed by atoms with Crippen LogP contribution in [0.5, 0.6) is 17.2 Å². The van der Waals surface area contributed by atoms with Gasteiger partial charge >= 0.3 is 0 Å². The Morgan fingerprint density at radius 3 is 2.54 bits per heavy atom. The molecule has 0 radical (unpaired) electrons. The molecule has 4 nitrogen and oxygen atoms in total. The maximum absolute atomic E-state index is 13.6. The molecule has 128 valence electrons. The van der Waals surface area contributed by atoms with E-state index in [0.29, 0.717) is 23.9 Å². The molecule has 0 aliphatic carbocycles. The summed E-state index contributed by atoms with van der Waals surface area (Å²) in [4.78, 5) is 2.27. The maximum Gasteiger partial charge on any atom is 0.169 e. The molecule has 2 aromatic rings. The molecule has 24 heavy (non-hydrogen) atoms. The van der Waals surface area contributed by atoms with E-state index in [0.717, 1.165) is 38.4 Å². The molecule has 0 bridgehead atoms. The number of hydrogen-bond donors (Lipinski definition) is 0. The lowest BCUT2D eigenvalue weighted by Crippen LogP contribution is -2.38. The fraction of sp³-hybridized carbons (Fsp3) is 0.368. The number of nitrogens with zero attached hydrogens (tertiary/aromatic N) is 1. The van der Waals surface area contributed by atoms with Crippen LogP contribution < -0.4 is 9.47 Å². The highest BCUT2D eigenvalue weighted by Crippen LogP contribution is 2.32. The van der Waals surface area contributed by atoms with Crippen LogP contribution in [0.2, 0.25) is 0 Å². The predicted octanol–water partition coefficient (Wildman–Crippen LogP) is 3.64. The van der Waals surface area contributed by atoms with Crippen LogP contribution >= 0.6 is 0 Å². The quantitative estimate of drug-likeness (QED) is 0.809. The number of morpholine rings is 1. The molecule has 1 heterocycles. The van der Waals surface area contributed by atoms with Crippen molar-refractivity contribution in [2.75, 3.05) is 39.5 Å². The molecule has 1 aliphatic heterocycles. The first kappa shape index (κ1) is 16.7. The fourth-order valence-corrected chi connectivity index (χ4v) is 2.52. The van der Waals surface area contributed by atoms with E-state index in [9.17, 15) is 4.39 Å². The molecular weight excluding hydrogens is 309 g/mol. The molecule has 1 aliphatic rings. The SMILES string of the molecule is Cc1ccc(Oc2ccc(F)cc2OCCN2CCOCC2)cc1. The standard InChI is InChI=1S/C19H22FNO3/c1-15-2-5-17(6-3-15)24-18-7-4-16(20)14-19(18)23-13-10-21-8-11-22-12-9-21/h2-7,14H,8-13H2,1H3. The molecule has 1 fully saturated rings. The zero-order chi connectivity index (χ0) is 16.8. The third-order valence-corrected chi connectivity index (χ3v) is 3.92. The Morgan fingerprint density at radius 1 is 1.04 bits per heavy atom. The third-order valence-electron chi connectivity index (χ3n) is 3.92. The maximum atomic E-state index is 13.6. The average molecular weight is 331 g/mol. The van der Waals surface area contributed by atoms with E-state index in [2.05, 4.69) is 4.90 Å². The highest BCUT2D eigenvalue weighted by atomic mass is 19.1. The van der Waals surface area contributed by atoms with Gasteiger partial charge in [0.05, 0.1) is 13.2 Å². The van der Waals surface area contributed by atoms with Crippen molar-refractivity contribution in [2.45, 2.75) is 6.92 Å². The number of hydrogen-bond acceptors (Lipinski definition) is 4. The number of ether oxygens (including phenoxy) is 3. The van der Waals surface area contributed by atoms with Gasteiger partial charge in [-0.25, -0.2) is 4.39 Å². The Morgan fingerprint density at radius 2 is 1.79 bits per heavy atom. The molecule has 0 aromatic heterocycles. The van der Waals surface area contributed by atoms with Crippen molar-refractivity contribution in [2.24, 2.45) is 0 Å². The van der Waals surface area contributed by atoms with Gasteiger partial charge in [-0.05, 0) is 31.2 Å². The number of aryl methyl sites for hydroxylation is 1. The molecule has 0 saturated carbocycles. The average Bonchev–Trinajstić information content (AvgIpc) is 2.60. The van der Waals surface area contributed by atoms with Gasteiger partial charge in [-0.1, -0.05) is 17.7 Å². The summed E-state index contributed by atoms with van der Waals surface area (Å²) in [6.45, 7) is 6.58. The molecule has 0 spiro atoms. The summed E-state index contributed by atoms with van der Waals surface area (Å²) >= 11 is 0. The molecule has 1 saturated heterocycles. The molecule has 5 heteroatoms. The summed E-state index contributed by atoms with van der Waals surface area (Å²) in [7, 11) is 0. The normalized spacial score (nSPS) is 15.2. The van der Waals surface area contributed by atoms with Gasteiger partial charge < -0.3 is 14.2 Å². The Hall–Kier alpha value is -2.11. The van der Waals surface area contributed by atoms with E-state index in [1.807, 2.05) is 31.2 Å². The molecule has 3 rings (SSSR count). The van der Waals surface area contributed by atoms with Crippen LogP contribution in [0.4, 0.5) is 4.39 Å². The van der Waals surface area contributed by atoms with Crippen molar-refractivity contribution < 1.29 is 18.6 Å². The van der Waals surface area contributed by atoms with Gasteiger partial charge in [0.15, 0.2) is 11.5 Å². The van der Waals surface area contributed by atoms with Crippen molar-refractivity contribution in [1.29, 1.82) is 0 Å².